The van der Waals surface area contributed by atoms with Crippen LogP contribution in [0.25, 0.3) is 28.7 Å². The Bertz CT molecular complexity index is 1420. The first-order valence-corrected chi connectivity index (χ1v) is 11.6. The second-order valence-corrected chi connectivity index (χ2v) is 8.77. The molecule has 0 bridgehead atoms. The van der Waals surface area contributed by atoms with Gasteiger partial charge in [0.05, 0.1) is 28.8 Å². The van der Waals surface area contributed by atoms with Crippen LogP contribution >= 0.6 is 15.9 Å². The van der Waals surface area contributed by atoms with E-state index in [0.717, 1.165) is 15.7 Å². The number of halogens is 1. The Kier molecular flexibility index (Phi) is 6.93. The summed E-state index contributed by atoms with van der Waals surface area (Å²) in [5.41, 5.74) is 3.53. The second-order valence-electron chi connectivity index (χ2n) is 7.86. The molecule has 0 aliphatic carbocycles. The van der Waals surface area contributed by atoms with Gasteiger partial charge in [-0.2, -0.15) is 0 Å². The number of aromatic nitrogens is 2. The third-order valence-electron chi connectivity index (χ3n) is 5.33. The van der Waals surface area contributed by atoms with Gasteiger partial charge >= 0.3 is 5.97 Å². The van der Waals surface area contributed by atoms with E-state index in [1.54, 1.807) is 41.8 Å². The van der Waals surface area contributed by atoms with Gasteiger partial charge in [-0.15, -0.1) is 0 Å². The average Bonchev–Trinajstić information content (AvgIpc) is 2.84. The first-order chi connectivity index (χ1) is 16.4. The minimum Gasteiger partial charge on any atom is -0.462 e. The number of carbonyl (C=O) groups excluding carboxylic acids is 1. The fraction of sp³-hybridized carbons (Fsp3) is 0.148. The zero-order valence-corrected chi connectivity index (χ0v) is 20.7. The van der Waals surface area contributed by atoms with Gasteiger partial charge in [-0.05, 0) is 73.2 Å². The Labute approximate surface area is 206 Å². The lowest BCUT2D eigenvalue weighted by Crippen LogP contribution is -2.22. The number of carbonyl (C=O) groups is 1. The zero-order chi connectivity index (χ0) is 24.2. The molecule has 0 atom stereocenters. The number of rotatable bonds is 6. The summed E-state index contributed by atoms with van der Waals surface area (Å²) >= 11 is 3.44. The molecule has 0 amide bonds. The lowest BCUT2D eigenvalue weighted by atomic mass is 10.1. The molecule has 1 aromatic heterocycles. The first kappa shape index (κ1) is 23.4. The summed E-state index contributed by atoms with van der Waals surface area (Å²) in [6, 6.07) is 20.3. The quantitative estimate of drug-likeness (QED) is 0.313. The van der Waals surface area contributed by atoms with Crippen molar-refractivity contribution >= 4 is 50.6 Å². The predicted molar refractivity (Wildman–Crippen MR) is 141 cm³/mol. The van der Waals surface area contributed by atoms with E-state index in [0.29, 0.717) is 34.6 Å². The number of nitrogens with zero attached hydrogens (tertiary/aromatic N) is 3. The van der Waals surface area contributed by atoms with E-state index >= 15 is 0 Å². The molecule has 0 fully saturated rings. The van der Waals surface area contributed by atoms with Crippen molar-refractivity contribution in [1.29, 1.82) is 0 Å². The Morgan fingerprint density at radius 1 is 1.03 bits per heavy atom. The van der Waals surface area contributed by atoms with Crippen molar-refractivity contribution in [3.63, 3.8) is 0 Å². The summed E-state index contributed by atoms with van der Waals surface area (Å²) in [5, 5.41) is 0.497. The normalized spacial score (nSPS) is 11.2. The van der Waals surface area contributed by atoms with Crippen LogP contribution in [0.3, 0.4) is 0 Å². The lowest BCUT2D eigenvalue weighted by Gasteiger charge is -2.13. The maximum Gasteiger partial charge on any atom is 0.338 e. The molecule has 6 nitrogen and oxygen atoms in total. The van der Waals surface area contributed by atoms with Gasteiger partial charge in [-0.3, -0.25) is 9.36 Å². The van der Waals surface area contributed by atoms with E-state index in [9.17, 15) is 9.59 Å². The Morgan fingerprint density at radius 2 is 1.74 bits per heavy atom. The average molecular weight is 518 g/mol. The molecular formula is C27H24BrN3O3. The Balaban J connectivity index is 1.82. The van der Waals surface area contributed by atoms with Gasteiger partial charge in [0.25, 0.3) is 5.56 Å². The maximum absolute atomic E-state index is 13.5. The summed E-state index contributed by atoms with van der Waals surface area (Å²) in [5.74, 6) is 0.0867. The van der Waals surface area contributed by atoms with Crippen LogP contribution in [0.4, 0.5) is 5.69 Å². The monoisotopic (exact) mass is 517 g/mol. The van der Waals surface area contributed by atoms with E-state index in [2.05, 4.69) is 15.9 Å². The van der Waals surface area contributed by atoms with Gasteiger partial charge < -0.3 is 9.64 Å². The molecule has 0 spiro atoms. The smallest absolute Gasteiger partial charge is 0.338 e. The fourth-order valence-corrected chi connectivity index (χ4v) is 3.91. The largest absolute Gasteiger partial charge is 0.462 e. The predicted octanol–water partition coefficient (Wildman–Crippen LogP) is 5.56. The number of anilines is 1. The maximum atomic E-state index is 13.5. The van der Waals surface area contributed by atoms with Crippen LogP contribution in [-0.2, 0) is 4.74 Å². The Hall–Kier alpha value is -3.71. The van der Waals surface area contributed by atoms with Gasteiger partial charge in [0.2, 0.25) is 0 Å². The molecule has 3 aromatic carbocycles. The summed E-state index contributed by atoms with van der Waals surface area (Å²) in [6.45, 7) is 2.06. The molecule has 1 heterocycles. The van der Waals surface area contributed by atoms with Crippen LogP contribution in [0.15, 0.2) is 76.0 Å². The fourth-order valence-electron chi connectivity index (χ4n) is 3.55. The molecule has 0 N–H and O–H groups in total. The third kappa shape index (κ3) is 4.94. The van der Waals surface area contributed by atoms with Crippen molar-refractivity contribution in [3.05, 3.63) is 98.5 Å². The van der Waals surface area contributed by atoms with Crippen LogP contribution in [-0.4, -0.2) is 36.2 Å². The molecule has 0 unspecified atom stereocenters. The first-order valence-electron chi connectivity index (χ1n) is 10.8. The summed E-state index contributed by atoms with van der Waals surface area (Å²) in [6.07, 6.45) is 3.75. The molecule has 34 heavy (non-hydrogen) atoms. The molecule has 0 aliphatic rings. The topological polar surface area (TPSA) is 64.4 Å². The van der Waals surface area contributed by atoms with Gasteiger partial charge in [0, 0.05) is 24.3 Å². The van der Waals surface area contributed by atoms with Crippen molar-refractivity contribution < 1.29 is 9.53 Å². The molecule has 4 aromatic rings. The lowest BCUT2D eigenvalue weighted by molar-refractivity contribution is 0.0526. The molecule has 172 valence electrons. The van der Waals surface area contributed by atoms with Crippen molar-refractivity contribution in [2.75, 3.05) is 25.6 Å². The molecule has 0 aliphatic heterocycles. The minimum atomic E-state index is -0.400. The molecule has 0 saturated heterocycles. The van der Waals surface area contributed by atoms with Gasteiger partial charge in [-0.1, -0.05) is 34.1 Å². The van der Waals surface area contributed by atoms with E-state index in [4.69, 9.17) is 9.72 Å². The van der Waals surface area contributed by atoms with E-state index in [1.165, 1.54) is 0 Å². The SMILES string of the molecule is CCOC(=O)c1ccc(-n2c(/C=C/c3ccc(N(C)C)cc3)nc3ccc(Br)cc3c2=O)cc1. The van der Waals surface area contributed by atoms with Crippen LogP contribution in [0.5, 0.6) is 0 Å². The highest BCUT2D eigenvalue weighted by Gasteiger charge is 2.13. The molecule has 7 heteroatoms. The van der Waals surface area contributed by atoms with Gasteiger partial charge in [0.15, 0.2) is 0 Å². The van der Waals surface area contributed by atoms with Gasteiger partial charge in [-0.25, -0.2) is 9.78 Å². The van der Waals surface area contributed by atoms with E-state index < -0.39 is 5.97 Å². The number of fused-ring (bicyclic) bond motifs is 1. The third-order valence-corrected chi connectivity index (χ3v) is 5.82. The van der Waals surface area contributed by atoms with E-state index in [1.807, 2.05) is 67.5 Å². The standard InChI is InChI=1S/C27H24BrN3O3/c1-4-34-27(33)19-8-13-22(14-9-19)31-25(16-7-18-5-11-21(12-6-18)30(2)3)29-24-15-10-20(28)17-23(24)26(31)32/h5-17H,4H2,1-3H3/b16-7+. The van der Waals surface area contributed by atoms with Crippen LogP contribution in [0, 0.1) is 0 Å². The summed E-state index contributed by atoms with van der Waals surface area (Å²) < 4.78 is 7.41. The number of ether oxygens (including phenoxy) is 1. The van der Waals surface area contributed by atoms with Crippen molar-refractivity contribution in [2.24, 2.45) is 0 Å². The molecule has 4 rings (SSSR count). The van der Waals surface area contributed by atoms with Gasteiger partial charge in [0.1, 0.15) is 5.82 Å². The van der Waals surface area contributed by atoms with Crippen LogP contribution in [0.2, 0.25) is 0 Å². The number of benzene rings is 3. The molecule has 0 radical (unpaired) electrons. The van der Waals surface area contributed by atoms with Crippen LogP contribution < -0.4 is 10.5 Å². The Morgan fingerprint density at radius 3 is 2.38 bits per heavy atom. The molecular weight excluding hydrogens is 494 g/mol. The highest BCUT2D eigenvalue weighted by atomic mass is 79.9. The van der Waals surface area contributed by atoms with Crippen molar-refractivity contribution in [2.45, 2.75) is 6.92 Å². The number of esters is 1. The van der Waals surface area contributed by atoms with Crippen LogP contribution in [0.1, 0.15) is 28.7 Å². The number of hydrogen-bond donors (Lipinski definition) is 0. The zero-order valence-electron chi connectivity index (χ0n) is 19.2. The second kappa shape index (κ2) is 10.1. The van der Waals surface area contributed by atoms with Crippen molar-refractivity contribution in [3.8, 4) is 5.69 Å². The summed E-state index contributed by atoms with van der Waals surface area (Å²) in [4.78, 5) is 32.4. The summed E-state index contributed by atoms with van der Waals surface area (Å²) in [7, 11) is 3.99. The van der Waals surface area contributed by atoms with E-state index in [-0.39, 0.29) is 5.56 Å². The highest BCUT2D eigenvalue weighted by Crippen LogP contribution is 2.20. The molecule has 0 saturated carbocycles. The highest BCUT2D eigenvalue weighted by molar-refractivity contribution is 9.10. The number of hydrogen-bond acceptors (Lipinski definition) is 5. The minimum absolute atomic E-state index is 0.196. The van der Waals surface area contributed by atoms with Crippen molar-refractivity contribution in [1.82, 2.24) is 9.55 Å².